The van der Waals surface area contributed by atoms with E-state index in [9.17, 15) is 4.79 Å². The predicted molar refractivity (Wildman–Crippen MR) is 68.5 cm³/mol. The van der Waals surface area contributed by atoms with Gasteiger partial charge in [-0.15, -0.1) is 0 Å². The standard InChI is InChI=1S/C12H23NO2S/c1-12(2,5-3-6-14)9-13-11(15)10-4-7-16-8-10/h10,14H,3-9H2,1-2H3,(H,13,15). The lowest BCUT2D eigenvalue weighted by molar-refractivity contribution is -0.124. The van der Waals surface area contributed by atoms with E-state index in [1.165, 1.54) is 0 Å². The van der Waals surface area contributed by atoms with Gasteiger partial charge in [0.25, 0.3) is 0 Å². The minimum atomic E-state index is 0.0874. The van der Waals surface area contributed by atoms with Crippen molar-refractivity contribution >= 4 is 17.7 Å². The van der Waals surface area contributed by atoms with Crippen LogP contribution >= 0.6 is 11.8 Å². The fourth-order valence-corrected chi connectivity index (χ4v) is 3.08. The van der Waals surface area contributed by atoms with Gasteiger partial charge in [0.15, 0.2) is 0 Å². The quantitative estimate of drug-likeness (QED) is 0.748. The van der Waals surface area contributed by atoms with Crippen molar-refractivity contribution in [1.29, 1.82) is 0 Å². The molecule has 4 heteroatoms. The second kappa shape index (κ2) is 6.50. The summed E-state index contributed by atoms with van der Waals surface area (Å²) in [7, 11) is 0. The number of hydrogen-bond donors (Lipinski definition) is 2. The van der Waals surface area contributed by atoms with Crippen LogP contribution in [0.25, 0.3) is 0 Å². The molecule has 2 N–H and O–H groups in total. The molecule has 94 valence electrons. The van der Waals surface area contributed by atoms with Crippen LogP contribution in [0.15, 0.2) is 0 Å². The number of carbonyl (C=O) groups is 1. The van der Waals surface area contributed by atoms with Crippen LogP contribution in [0.5, 0.6) is 0 Å². The summed E-state index contributed by atoms with van der Waals surface area (Å²) in [6.07, 6.45) is 2.78. The molecule has 1 unspecified atom stereocenters. The molecule has 0 bridgehead atoms. The van der Waals surface area contributed by atoms with E-state index in [0.717, 1.165) is 30.8 Å². The summed E-state index contributed by atoms with van der Waals surface area (Å²) >= 11 is 1.86. The number of rotatable bonds is 6. The summed E-state index contributed by atoms with van der Waals surface area (Å²) in [4.78, 5) is 11.8. The van der Waals surface area contributed by atoms with E-state index < -0.39 is 0 Å². The van der Waals surface area contributed by atoms with Crippen molar-refractivity contribution in [3.8, 4) is 0 Å². The zero-order chi connectivity index (χ0) is 12.0. The van der Waals surface area contributed by atoms with Gasteiger partial charge in [0.2, 0.25) is 5.91 Å². The third kappa shape index (κ3) is 4.74. The molecule has 1 heterocycles. The number of amides is 1. The summed E-state index contributed by atoms with van der Waals surface area (Å²) < 4.78 is 0. The third-order valence-electron chi connectivity index (χ3n) is 3.05. The predicted octanol–water partition coefficient (Wildman–Crippen LogP) is 1.65. The fourth-order valence-electron chi connectivity index (χ4n) is 1.86. The maximum absolute atomic E-state index is 11.8. The van der Waals surface area contributed by atoms with Gasteiger partial charge in [-0.05, 0) is 30.4 Å². The number of thioether (sulfide) groups is 1. The van der Waals surface area contributed by atoms with Crippen molar-refractivity contribution in [2.45, 2.75) is 33.1 Å². The first-order valence-corrected chi connectivity index (χ1v) is 7.17. The van der Waals surface area contributed by atoms with Gasteiger partial charge >= 0.3 is 0 Å². The lowest BCUT2D eigenvalue weighted by atomic mass is 9.87. The van der Waals surface area contributed by atoms with Crippen LogP contribution in [0.2, 0.25) is 0 Å². The molecule has 1 amide bonds. The highest BCUT2D eigenvalue weighted by molar-refractivity contribution is 7.99. The van der Waals surface area contributed by atoms with Crippen molar-refractivity contribution in [2.75, 3.05) is 24.7 Å². The Morgan fingerprint density at radius 1 is 1.56 bits per heavy atom. The van der Waals surface area contributed by atoms with E-state index >= 15 is 0 Å². The summed E-state index contributed by atoms with van der Waals surface area (Å²) in [6.45, 7) is 5.21. The Hall–Kier alpha value is -0.220. The Bertz CT molecular complexity index is 225. The molecule has 0 aromatic carbocycles. The summed E-state index contributed by atoms with van der Waals surface area (Å²) in [5.41, 5.74) is 0.0874. The fraction of sp³-hybridized carbons (Fsp3) is 0.917. The Morgan fingerprint density at radius 2 is 2.31 bits per heavy atom. The molecule has 0 spiro atoms. The number of aliphatic hydroxyl groups is 1. The third-order valence-corrected chi connectivity index (χ3v) is 4.22. The normalized spacial score (nSPS) is 21.1. The van der Waals surface area contributed by atoms with Crippen LogP contribution in [0.1, 0.15) is 33.1 Å². The molecule has 1 aliphatic rings. The van der Waals surface area contributed by atoms with Gasteiger partial charge in [-0.25, -0.2) is 0 Å². The van der Waals surface area contributed by atoms with Crippen molar-refractivity contribution in [2.24, 2.45) is 11.3 Å². The first-order chi connectivity index (χ1) is 7.55. The number of hydrogen-bond acceptors (Lipinski definition) is 3. The van der Waals surface area contributed by atoms with Crippen LogP contribution in [0, 0.1) is 11.3 Å². The number of nitrogens with one attached hydrogen (secondary N) is 1. The molecule has 16 heavy (non-hydrogen) atoms. The van der Waals surface area contributed by atoms with Crippen molar-refractivity contribution in [1.82, 2.24) is 5.32 Å². The average Bonchev–Trinajstić information content (AvgIpc) is 2.77. The van der Waals surface area contributed by atoms with Crippen molar-refractivity contribution in [3.63, 3.8) is 0 Å². The molecule has 1 rings (SSSR count). The number of aliphatic hydroxyl groups excluding tert-OH is 1. The highest BCUT2D eigenvalue weighted by Crippen LogP contribution is 2.24. The first-order valence-electron chi connectivity index (χ1n) is 6.01. The Balaban J connectivity index is 2.24. The Labute approximate surface area is 102 Å². The van der Waals surface area contributed by atoms with Crippen LogP contribution in [0.4, 0.5) is 0 Å². The van der Waals surface area contributed by atoms with E-state index in [0.29, 0.717) is 6.54 Å². The summed E-state index contributed by atoms with van der Waals surface area (Å²) in [5.74, 6) is 2.52. The van der Waals surface area contributed by atoms with Gasteiger partial charge in [-0.3, -0.25) is 4.79 Å². The van der Waals surface area contributed by atoms with Crippen LogP contribution in [0.3, 0.4) is 0 Å². The maximum atomic E-state index is 11.8. The van der Waals surface area contributed by atoms with E-state index in [4.69, 9.17) is 5.11 Å². The maximum Gasteiger partial charge on any atom is 0.223 e. The molecule has 0 radical (unpaired) electrons. The summed E-state index contributed by atoms with van der Waals surface area (Å²) in [5, 5.41) is 11.8. The zero-order valence-electron chi connectivity index (χ0n) is 10.3. The average molecular weight is 245 g/mol. The van der Waals surface area contributed by atoms with Crippen LogP contribution < -0.4 is 5.32 Å². The van der Waals surface area contributed by atoms with E-state index in [-0.39, 0.29) is 23.8 Å². The smallest absolute Gasteiger partial charge is 0.223 e. The van der Waals surface area contributed by atoms with Crippen LogP contribution in [-0.4, -0.2) is 35.7 Å². The number of carbonyl (C=O) groups excluding carboxylic acids is 1. The minimum absolute atomic E-state index is 0.0874. The highest BCUT2D eigenvalue weighted by atomic mass is 32.2. The minimum Gasteiger partial charge on any atom is -0.396 e. The van der Waals surface area contributed by atoms with Gasteiger partial charge < -0.3 is 10.4 Å². The molecular weight excluding hydrogens is 222 g/mol. The second-order valence-corrected chi connectivity index (χ2v) is 6.42. The molecule has 1 fully saturated rings. The Kier molecular flexibility index (Phi) is 5.62. The largest absolute Gasteiger partial charge is 0.396 e. The zero-order valence-corrected chi connectivity index (χ0v) is 11.1. The molecule has 1 saturated heterocycles. The van der Waals surface area contributed by atoms with Gasteiger partial charge in [0, 0.05) is 24.8 Å². The molecule has 0 aromatic heterocycles. The van der Waals surface area contributed by atoms with Gasteiger partial charge in [-0.2, -0.15) is 11.8 Å². The van der Waals surface area contributed by atoms with Gasteiger partial charge in [0.1, 0.15) is 0 Å². The van der Waals surface area contributed by atoms with Gasteiger partial charge in [0.05, 0.1) is 0 Å². The molecule has 1 atom stereocenters. The van der Waals surface area contributed by atoms with Gasteiger partial charge in [-0.1, -0.05) is 13.8 Å². The van der Waals surface area contributed by atoms with E-state index in [2.05, 4.69) is 19.2 Å². The molecular formula is C12H23NO2S. The molecule has 0 aliphatic carbocycles. The molecule has 1 aliphatic heterocycles. The lowest BCUT2D eigenvalue weighted by Crippen LogP contribution is -2.37. The Morgan fingerprint density at radius 3 is 2.88 bits per heavy atom. The molecule has 3 nitrogen and oxygen atoms in total. The molecule has 0 aromatic rings. The van der Waals surface area contributed by atoms with E-state index in [1.807, 2.05) is 11.8 Å². The SMILES string of the molecule is CC(C)(CCCO)CNC(=O)C1CCSC1. The van der Waals surface area contributed by atoms with Crippen LogP contribution in [-0.2, 0) is 4.79 Å². The first kappa shape index (κ1) is 13.8. The lowest BCUT2D eigenvalue weighted by Gasteiger charge is -2.25. The highest BCUT2D eigenvalue weighted by Gasteiger charge is 2.25. The van der Waals surface area contributed by atoms with Crippen molar-refractivity contribution < 1.29 is 9.90 Å². The summed E-state index contributed by atoms with van der Waals surface area (Å²) in [6, 6.07) is 0. The monoisotopic (exact) mass is 245 g/mol. The second-order valence-electron chi connectivity index (χ2n) is 5.27. The van der Waals surface area contributed by atoms with Crippen molar-refractivity contribution in [3.05, 3.63) is 0 Å². The molecule has 0 saturated carbocycles. The van der Waals surface area contributed by atoms with E-state index in [1.54, 1.807) is 0 Å². The topological polar surface area (TPSA) is 49.3 Å².